The summed E-state index contributed by atoms with van der Waals surface area (Å²) >= 11 is 12.6. The summed E-state index contributed by atoms with van der Waals surface area (Å²) in [5.41, 5.74) is 3.29. The van der Waals surface area contributed by atoms with Crippen molar-refractivity contribution in [3.05, 3.63) is 69.1 Å². The molecule has 2 N–H and O–H groups in total. The molecule has 0 saturated carbocycles. The molecule has 0 spiro atoms. The summed E-state index contributed by atoms with van der Waals surface area (Å²) in [5.74, 6) is 0. The zero-order valence-electron chi connectivity index (χ0n) is 10.5. The van der Waals surface area contributed by atoms with Crippen molar-refractivity contribution in [2.75, 3.05) is 0 Å². The first-order chi connectivity index (χ1) is 9.63. The molecule has 0 saturated heterocycles. The zero-order valence-corrected chi connectivity index (χ0v) is 12.0. The fraction of sp³-hybridized carbons (Fsp3) is 0.133. The summed E-state index contributed by atoms with van der Waals surface area (Å²) < 4.78 is 0. The number of halogens is 2. The molecule has 0 fully saturated rings. The highest BCUT2D eigenvalue weighted by molar-refractivity contribution is 6.31. The van der Waals surface area contributed by atoms with E-state index >= 15 is 0 Å². The van der Waals surface area contributed by atoms with Crippen LogP contribution in [0.15, 0.2) is 47.3 Å². The monoisotopic (exact) mass is 306 g/mol. The number of hydrogen-bond acceptors (Lipinski definition) is 1. The highest BCUT2D eigenvalue weighted by Crippen LogP contribution is 2.29. The van der Waals surface area contributed by atoms with E-state index in [2.05, 4.69) is 9.97 Å². The molecule has 5 heteroatoms. The van der Waals surface area contributed by atoms with Crippen molar-refractivity contribution in [2.24, 2.45) is 0 Å². The molecule has 1 unspecified atom stereocenters. The van der Waals surface area contributed by atoms with E-state index in [0.29, 0.717) is 11.4 Å². The third-order valence-electron chi connectivity index (χ3n) is 3.26. The van der Waals surface area contributed by atoms with Gasteiger partial charge in [-0.15, -0.1) is 11.6 Å². The summed E-state index contributed by atoms with van der Waals surface area (Å²) in [5, 5.41) is 0.520. The third kappa shape index (κ3) is 2.60. The van der Waals surface area contributed by atoms with Gasteiger partial charge in [0.1, 0.15) is 0 Å². The van der Waals surface area contributed by atoms with Crippen LogP contribution < -0.4 is 5.69 Å². The van der Waals surface area contributed by atoms with Gasteiger partial charge < -0.3 is 9.97 Å². The lowest BCUT2D eigenvalue weighted by molar-refractivity contribution is 0.921. The van der Waals surface area contributed by atoms with Crippen molar-refractivity contribution in [2.45, 2.75) is 11.8 Å². The van der Waals surface area contributed by atoms with Gasteiger partial charge in [-0.2, -0.15) is 0 Å². The van der Waals surface area contributed by atoms with E-state index in [1.54, 1.807) is 0 Å². The number of hydrogen-bond donors (Lipinski definition) is 2. The van der Waals surface area contributed by atoms with E-state index in [1.165, 1.54) is 0 Å². The van der Waals surface area contributed by atoms with E-state index in [0.717, 1.165) is 22.2 Å². The highest BCUT2D eigenvalue weighted by atomic mass is 35.5. The van der Waals surface area contributed by atoms with Gasteiger partial charge in [-0.3, -0.25) is 0 Å². The maximum absolute atomic E-state index is 11.2. The summed E-state index contributed by atoms with van der Waals surface area (Å²) in [6, 6.07) is 13.3. The van der Waals surface area contributed by atoms with Gasteiger partial charge in [0.25, 0.3) is 0 Å². The first-order valence-electron chi connectivity index (χ1n) is 6.23. The SMILES string of the molecule is O=c1[nH]c2ccc(C(Cl)Cc3ccccc3Cl)cc2[nH]1. The van der Waals surface area contributed by atoms with Gasteiger partial charge >= 0.3 is 5.69 Å². The Morgan fingerprint density at radius 3 is 2.60 bits per heavy atom. The standard InChI is InChI=1S/C15H12Cl2N2O/c16-11-4-2-1-3-9(11)7-12(17)10-5-6-13-14(8-10)19-15(20)18-13/h1-6,8,12H,7H2,(H2,18,19,20). The predicted molar refractivity (Wildman–Crippen MR) is 82.7 cm³/mol. The van der Waals surface area contributed by atoms with Crippen molar-refractivity contribution < 1.29 is 0 Å². The smallest absolute Gasteiger partial charge is 0.306 e. The van der Waals surface area contributed by atoms with Gasteiger partial charge in [0.05, 0.1) is 16.4 Å². The fourth-order valence-corrected chi connectivity index (χ4v) is 2.73. The largest absolute Gasteiger partial charge is 0.323 e. The lowest BCUT2D eigenvalue weighted by Crippen LogP contribution is -1.99. The van der Waals surface area contributed by atoms with Crippen LogP contribution in [0, 0.1) is 0 Å². The van der Waals surface area contributed by atoms with Crippen molar-refractivity contribution in [1.82, 2.24) is 9.97 Å². The molecule has 1 aromatic heterocycles. The van der Waals surface area contributed by atoms with Crippen LogP contribution in [0.3, 0.4) is 0 Å². The first-order valence-corrected chi connectivity index (χ1v) is 7.04. The Hall–Kier alpha value is -1.71. The average Bonchev–Trinajstić information content (AvgIpc) is 2.80. The molecule has 3 rings (SSSR count). The van der Waals surface area contributed by atoms with Gasteiger partial charge in [-0.05, 0) is 35.7 Å². The second-order valence-electron chi connectivity index (χ2n) is 4.65. The Balaban J connectivity index is 1.90. The molecule has 0 bridgehead atoms. The van der Waals surface area contributed by atoms with Crippen LogP contribution in [0.5, 0.6) is 0 Å². The molecule has 102 valence electrons. The van der Waals surface area contributed by atoms with Crippen LogP contribution in [0.2, 0.25) is 5.02 Å². The van der Waals surface area contributed by atoms with Crippen LogP contribution in [0.25, 0.3) is 11.0 Å². The first kappa shape index (κ1) is 13.3. The van der Waals surface area contributed by atoms with Crippen LogP contribution >= 0.6 is 23.2 Å². The minimum Gasteiger partial charge on any atom is -0.306 e. The topological polar surface area (TPSA) is 48.6 Å². The quantitative estimate of drug-likeness (QED) is 0.705. The summed E-state index contributed by atoms with van der Waals surface area (Å²) in [7, 11) is 0. The summed E-state index contributed by atoms with van der Waals surface area (Å²) in [6.07, 6.45) is 0.640. The van der Waals surface area contributed by atoms with Crippen molar-refractivity contribution in [3.8, 4) is 0 Å². The molecule has 2 aromatic carbocycles. The lowest BCUT2D eigenvalue weighted by Gasteiger charge is -2.11. The maximum Gasteiger partial charge on any atom is 0.323 e. The van der Waals surface area contributed by atoms with E-state index in [-0.39, 0.29) is 11.1 Å². The Morgan fingerprint density at radius 2 is 1.80 bits per heavy atom. The second-order valence-corrected chi connectivity index (χ2v) is 5.58. The number of alkyl halides is 1. The second kappa shape index (κ2) is 5.35. The normalized spacial score (nSPS) is 12.7. The van der Waals surface area contributed by atoms with Crippen molar-refractivity contribution in [3.63, 3.8) is 0 Å². The molecule has 3 nitrogen and oxygen atoms in total. The number of fused-ring (bicyclic) bond motifs is 1. The molecule has 1 atom stereocenters. The number of benzene rings is 2. The van der Waals surface area contributed by atoms with Gasteiger partial charge in [-0.25, -0.2) is 4.79 Å². The van der Waals surface area contributed by atoms with E-state index in [1.807, 2.05) is 42.5 Å². The Kier molecular flexibility index (Phi) is 3.55. The minimum atomic E-state index is -0.214. The summed E-state index contributed by atoms with van der Waals surface area (Å²) in [6.45, 7) is 0. The molecule has 3 aromatic rings. The molecular weight excluding hydrogens is 295 g/mol. The maximum atomic E-state index is 11.2. The van der Waals surface area contributed by atoms with Gasteiger partial charge in [0.15, 0.2) is 0 Å². The molecule has 0 amide bonds. The minimum absolute atomic E-state index is 0.197. The lowest BCUT2D eigenvalue weighted by atomic mass is 10.0. The van der Waals surface area contributed by atoms with Crippen LogP contribution in [-0.4, -0.2) is 9.97 Å². The Morgan fingerprint density at radius 1 is 1.05 bits per heavy atom. The molecule has 20 heavy (non-hydrogen) atoms. The fourth-order valence-electron chi connectivity index (χ4n) is 2.22. The Bertz CT molecular complexity index is 807. The number of H-pyrrole nitrogens is 2. The molecule has 0 radical (unpaired) electrons. The molecule has 0 aliphatic rings. The predicted octanol–water partition coefficient (Wildman–Crippen LogP) is 4.03. The molecular formula is C15H12Cl2N2O. The number of imidazole rings is 1. The number of aromatic amines is 2. The van der Waals surface area contributed by atoms with E-state index < -0.39 is 0 Å². The van der Waals surface area contributed by atoms with Crippen LogP contribution in [0.4, 0.5) is 0 Å². The van der Waals surface area contributed by atoms with Crippen molar-refractivity contribution >= 4 is 34.2 Å². The van der Waals surface area contributed by atoms with Gasteiger partial charge in [0.2, 0.25) is 0 Å². The van der Waals surface area contributed by atoms with Crippen LogP contribution in [0.1, 0.15) is 16.5 Å². The highest BCUT2D eigenvalue weighted by Gasteiger charge is 2.12. The zero-order chi connectivity index (χ0) is 14.1. The Labute approximate surface area is 125 Å². The average molecular weight is 307 g/mol. The number of nitrogens with one attached hydrogen (secondary N) is 2. The summed E-state index contributed by atoms with van der Waals surface area (Å²) in [4.78, 5) is 16.7. The van der Waals surface area contributed by atoms with Crippen LogP contribution in [-0.2, 0) is 6.42 Å². The number of aromatic nitrogens is 2. The van der Waals surface area contributed by atoms with Gasteiger partial charge in [0, 0.05) is 5.02 Å². The molecule has 0 aliphatic heterocycles. The number of rotatable bonds is 3. The molecule has 0 aliphatic carbocycles. The van der Waals surface area contributed by atoms with Gasteiger partial charge in [-0.1, -0.05) is 35.9 Å². The van der Waals surface area contributed by atoms with Crippen molar-refractivity contribution in [1.29, 1.82) is 0 Å². The molecule has 1 heterocycles. The van der Waals surface area contributed by atoms with E-state index in [4.69, 9.17) is 23.2 Å². The third-order valence-corrected chi connectivity index (χ3v) is 4.03. The van der Waals surface area contributed by atoms with E-state index in [9.17, 15) is 4.79 Å².